The predicted octanol–water partition coefficient (Wildman–Crippen LogP) is 6.09. The number of carbonyl (C=O) groups is 1. The van der Waals surface area contributed by atoms with E-state index in [1.165, 1.54) is 5.01 Å². The average molecular weight is 446 g/mol. The molecule has 3 aromatic carbocycles. The number of benzene rings is 3. The van der Waals surface area contributed by atoms with Crippen LogP contribution in [-0.4, -0.2) is 28.9 Å². The van der Waals surface area contributed by atoms with Crippen LogP contribution in [0.15, 0.2) is 77.9 Å². The van der Waals surface area contributed by atoms with E-state index in [0.717, 1.165) is 34.6 Å². The van der Waals surface area contributed by atoms with Gasteiger partial charge in [-0.2, -0.15) is 5.10 Å². The first-order valence-electron chi connectivity index (χ1n) is 10.7. The van der Waals surface area contributed by atoms with Crippen molar-refractivity contribution in [2.75, 3.05) is 11.9 Å². The molecule has 6 heteroatoms. The third-order valence-corrected chi connectivity index (χ3v) is 6.08. The molecule has 0 fully saturated rings. The lowest BCUT2D eigenvalue weighted by Crippen LogP contribution is -2.30. The summed E-state index contributed by atoms with van der Waals surface area (Å²) >= 11 is 6.08. The number of nitrogens with zero attached hydrogens (tertiary/aromatic N) is 2. The van der Waals surface area contributed by atoms with Crippen LogP contribution in [0, 0.1) is 0 Å². The van der Waals surface area contributed by atoms with Gasteiger partial charge in [0.2, 0.25) is 0 Å². The maximum atomic E-state index is 13.2. The Bertz CT molecular complexity index is 1190. The lowest BCUT2D eigenvalue weighted by atomic mass is 9.91. The first-order valence-corrected chi connectivity index (χ1v) is 11.1. The number of halogens is 1. The number of urea groups is 1. The number of ether oxygens (including phenoxy) is 1. The van der Waals surface area contributed by atoms with Crippen molar-refractivity contribution < 1.29 is 9.53 Å². The zero-order valence-electron chi connectivity index (χ0n) is 18.0. The van der Waals surface area contributed by atoms with E-state index in [0.29, 0.717) is 17.3 Å². The Morgan fingerprint density at radius 3 is 2.56 bits per heavy atom. The Morgan fingerprint density at radius 1 is 1.06 bits per heavy atom. The molecule has 0 aliphatic carbocycles. The molecule has 2 aliphatic rings. The number of anilines is 1. The van der Waals surface area contributed by atoms with Gasteiger partial charge in [-0.1, -0.05) is 66.2 Å². The fourth-order valence-corrected chi connectivity index (χ4v) is 4.48. The van der Waals surface area contributed by atoms with Crippen molar-refractivity contribution in [3.63, 3.8) is 0 Å². The molecule has 0 unspecified atom stereocenters. The van der Waals surface area contributed by atoms with E-state index in [1.54, 1.807) is 0 Å². The number of hydrogen-bond acceptors (Lipinski definition) is 3. The first kappa shape index (κ1) is 20.6. The highest BCUT2D eigenvalue weighted by Gasteiger charge is 2.35. The fourth-order valence-electron chi connectivity index (χ4n) is 4.35. The van der Waals surface area contributed by atoms with Gasteiger partial charge in [0, 0.05) is 22.9 Å². The van der Waals surface area contributed by atoms with Crippen LogP contribution in [0.3, 0.4) is 0 Å². The summed E-state index contributed by atoms with van der Waals surface area (Å²) < 4.78 is 6.10. The summed E-state index contributed by atoms with van der Waals surface area (Å²) in [6.07, 6.45) is 0.810. The quantitative estimate of drug-likeness (QED) is 0.530. The second-order valence-corrected chi connectivity index (χ2v) is 9.24. The van der Waals surface area contributed by atoms with Gasteiger partial charge >= 0.3 is 6.03 Å². The summed E-state index contributed by atoms with van der Waals surface area (Å²) in [5.74, 6) is 0.714. The molecular weight excluding hydrogens is 422 g/mol. The minimum absolute atomic E-state index is 0.0280. The number of hydrazone groups is 1. The molecule has 2 amide bonds. The van der Waals surface area contributed by atoms with Gasteiger partial charge < -0.3 is 10.1 Å². The third-order valence-electron chi connectivity index (χ3n) is 5.82. The van der Waals surface area contributed by atoms with Gasteiger partial charge in [0.15, 0.2) is 0 Å². The summed E-state index contributed by atoms with van der Waals surface area (Å²) in [5.41, 5.74) is 4.39. The van der Waals surface area contributed by atoms with E-state index in [4.69, 9.17) is 21.4 Å². The van der Waals surface area contributed by atoms with Gasteiger partial charge in [-0.3, -0.25) is 0 Å². The van der Waals surface area contributed by atoms with Gasteiger partial charge in [-0.05, 0) is 43.2 Å². The zero-order valence-corrected chi connectivity index (χ0v) is 18.8. The summed E-state index contributed by atoms with van der Waals surface area (Å²) in [7, 11) is 0. The zero-order chi connectivity index (χ0) is 22.3. The standard InChI is InChI=1S/C26H24ClN3O2/c1-26(2)15-19-9-6-10-22(24(19)32-26)28-25(31)30-16-21(17-7-4-3-5-8-17)23(29-30)18-11-13-20(27)14-12-18/h3-14,21H,15-16H2,1-2H3,(H,28,31)/t21-/m0/s1. The van der Waals surface area contributed by atoms with Gasteiger partial charge in [-0.25, -0.2) is 9.80 Å². The number of rotatable bonds is 3. The summed E-state index contributed by atoms with van der Waals surface area (Å²) in [4.78, 5) is 13.2. The van der Waals surface area contributed by atoms with Crippen LogP contribution in [0.2, 0.25) is 5.02 Å². The maximum Gasteiger partial charge on any atom is 0.342 e. The number of hydrogen-bond donors (Lipinski definition) is 1. The van der Waals surface area contributed by atoms with Crippen LogP contribution in [0.25, 0.3) is 0 Å². The molecule has 1 atom stereocenters. The van der Waals surface area contributed by atoms with Crippen molar-refractivity contribution in [1.29, 1.82) is 0 Å². The average Bonchev–Trinajstić information content (AvgIpc) is 3.36. The molecule has 162 valence electrons. The number of para-hydroxylation sites is 1. The van der Waals surface area contributed by atoms with Crippen LogP contribution in [-0.2, 0) is 6.42 Å². The topological polar surface area (TPSA) is 53.9 Å². The highest BCUT2D eigenvalue weighted by Crippen LogP contribution is 2.40. The SMILES string of the molecule is CC1(C)Cc2cccc(NC(=O)N3C[C@@H](c4ccccc4)C(c4ccc(Cl)cc4)=N3)c2O1. The summed E-state index contributed by atoms with van der Waals surface area (Å²) in [6.45, 7) is 4.55. The van der Waals surface area contributed by atoms with Crippen molar-refractivity contribution in [1.82, 2.24) is 5.01 Å². The molecule has 0 spiro atoms. The molecule has 5 nitrogen and oxygen atoms in total. The van der Waals surface area contributed by atoms with Crippen molar-refractivity contribution in [2.45, 2.75) is 31.8 Å². The van der Waals surface area contributed by atoms with Crippen LogP contribution >= 0.6 is 11.6 Å². The monoisotopic (exact) mass is 445 g/mol. The van der Waals surface area contributed by atoms with E-state index < -0.39 is 0 Å². The Kier molecular flexibility index (Phi) is 5.14. The molecule has 2 aliphatic heterocycles. The lowest BCUT2D eigenvalue weighted by molar-refractivity contribution is 0.139. The van der Waals surface area contributed by atoms with E-state index in [-0.39, 0.29) is 17.6 Å². The minimum Gasteiger partial charge on any atom is -0.485 e. The molecule has 0 saturated carbocycles. The van der Waals surface area contributed by atoms with Gasteiger partial charge in [-0.15, -0.1) is 0 Å². The Labute approximate surface area is 192 Å². The molecule has 0 aromatic heterocycles. The van der Waals surface area contributed by atoms with Crippen molar-refractivity contribution >= 4 is 29.0 Å². The number of amides is 2. The van der Waals surface area contributed by atoms with Crippen molar-refractivity contribution in [2.24, 2.45) is 5.10 Å². The normalized spacial score (nSPS) is 18.7. The Morgan fingerprint density at radius 2 is 1.81 bits per heavy atom. The molecule has 5 rings (SSSR count). The minimum atomic E-state index is -0.283. The largest absolute Gasteiger partial charge is 0.485 e. The smallest absolute Gasteiger partial charge is 0.342 e. The first-order chi connectivity index (χ1) is 15.4. The molecule has 0 saturated heterocycles. The summed E-state index contributed by atoms with van der Waals surface area (Å²) in [5, 5.41) is 9.89. The molecule has 0 radical (unpaired) electrons. The number of nitrogens with one attached hydrogen (secondary N) is 1. The Balaban J connectivity index is 1.43. The molecule has 3 aromatic rings. The molecule has 0 bridgehead atoms. The third kappa shape index (κ3) is 3.96. The molecule has 2 heterocycles. The Hall–Kier alpha value is -3.31. The van der Waals surface area contributed by atoms with Crippen molar-refractivity contribution in [3.8, 4) is 5.75 Å². The molecule has 32 heavy (non-hydrogen) atoms. The molecular formula is C26H24ClN3O2. The number of carbonyl (C=O) groups excluding carboxylic acids is 1. The van der Waals surface area contributed by atoms with E-state index in [2.05, 4.69) is 17.4 Å². The van der Waals surface area contributed by atoms with Crippen LogP contribution in [0.5, 0.6) is 5.75 Å². The van der Waals surface area contributed by atoms with Gasteiger partial charge in [0.1, 0.15) is 11.4 Å². The van der Waals surface area contributed by atoms with Crippen LogP contribution < -0.4 is 10.1 Å². The maximum absolute atomic E-state index is 13.2. The number of fused-ring (bicyclic) bond motifs is 1. The van der Waals surface area contributed by atoms with E-state index >= 15 is 0 Å². The molecule has 1 N–H and O–H groups in total. The van der Waals surface area contributed by atoms with Crippen molar-refractivity contribution in [3.05, 3.63) is 94.5 Å². The van der Waals surface area contributed by atoms with Gasteiger partial charge in [0.05, 0.1) is 17.9 Å². The highest BCUT2D eigenvalue weighted by atomic mass is 35.5. The van der Waals surface area contributed by atoms with E-state index in [9.17, 15) is 4.79 Å². The lowest BCUT2D eigenvalue weighted by Gasteiger charge is -2.19. The second-order valence-electron chi connectivity index (χ2n) is 8.80. The van der Waals surface area contributed by atoms with Crippen LogP contribution in [0.1, 0.15) is 36.5 Å². The highest BCUT2D eigenvalue weighted by molar-refractivity contribution is 6.30. The van der Waals surface area contributed by atoms with E-state index in [1.807, 2.05) is 74.5 Å². The van der Waals surface area contributed by atoms with Gasteiger partial charge in [0.25, 0.3) is 0 Å². The summed E-state index contributed by atoms with van der Waals surface area (Å²) in [6, 6.07) is 23.3. The van der Waals surface area contributed by atoms with Crippen LogP contribution in [0.4, 0.5) is 10.5 Å². The second kappa shape index (κ2) is 7.99. The predicted molar refractivity (Wildman–Crippen MR) is 128 cm³/mol. The fraction of sp³-hybridized carbons (Fsp3) is 0.231.